The van der Waals surface area contributed by atoms with E-state index in [1.54, 1.807) is 0 Å². The number of carbonyl (C=O) groups excluding carboxylic acids is 1. The SMILES string of the molecule is O=C(OC(C(F)(F)F)C(F)(F)S(=O)(=O)O)C1CC2c3cc4ccccc4cc3C1c1cc3ccccc3cc12. The highest BCUT2D eigenvalue weighted by Crippen LogP contribution is 2.57. The molecule has 202 valence electrons. The van der Waals surface area contributed by atoms with Crippen molar-refractivity contribution in [2.75, 3.05) is 0 Å². The van der Waals surface area contributed by atoms with E-state index >= 15 is 0 Å². The number of benzene rings is 4. The average Bonchev–Trinajstić information content (AvgIpc) is 2.87. The molecule has 11 heteroatoms. The molecular weight excluding hydrogens is 543 g/mol. The van der Waals surface area contributed by atoms with Gasteiger partial charge in [-0.15, -0.1) is 0 Å². The van der Waals surface area contributed by atoms with Gasteiger partial charge in [-0.05, 0) is 50.2 Å². The van der Waals surface area contributed by atoms with Gasteiger partial charge in [-0.3, -0.25) is 9.35 Å². The molecule has 5 nitrogen and oxygen atoms in total. The average molecular weight is 563 g/mol. The van der Waals surface area contributed by atoms with Crippen LogP contribution in [0.5, 0.6) is 0 Å². The first-order valence-corrected chi connectivity index (χ1v) is 13.4. The van der Waals surface area contributed by atoms with Crippen molar-refractivity contribution in [3.05, 3.63) is 95.1 Å². The summed E-state index contributed by atoms with van der Waals surface area (Å²) >= 11 is 0. The Kier molecular flexibility index (Phi) is 5.58. The molecule has 2 bridgehead atoms. The van der Waals surface area contributed by atoms with Gasteiger partial charge in [0, 0.05) is 11.8 Å². The van der Waals surface area contributed by atoms with Crippen molar-refractivity contribution < 1.29 is 44.5 Å². The number of alkyl halides is 5. The molecule has 0 radical (unpaired) electrons. The van der Waals surface area contributed by atoms with Gasteiger partial charge in [0.2, 0.25) is 0 Å². The van der Waals surface area contributed by atoms with Gasteiger partial charge in [0.1, 0.15) is 0 Å². The van der Waals surface area contributed by atoms with Crippen molar-refractivity contribution in [3.63, 3.8) is 0 Å². The summed E-state index contributed by atoms with van der Waals surface area (Å²) in [6.07, 6.45) is -10.4. The minimum atomic E-state index is -6.55. The van der Waals surface area contributed by atoms with Gasteiger partial charge in [-0.25, -0.2) is 0 Å². The quantitative estimate of drug-likeness (QED) is 0.174. The fourth-order valence-corrected chi connectivity index (χ4v) is 6.46. The Morgan fingerprint density at radius 2 is 1.21 bits per heavy atom. The normalized spacial score (nSPS) is 21.4. The molecule has 0 saturated heterocycles. The van der Waals surface area contributed by atoms with Crippen LogP contribution in [0.15, 0.2) is 72.8 Å². The van der Waals surface area contributed by atoms with E-state index in [1.165, 1.54) is 0 Å². The second-order valence-corrected chi connectivity index (χ2v) is 11.4. The van der Waals surface area contributed by atoms with Gasteiger partial charge < -0.3 is 4.74 Å². The molecule has 0 spiro atoms. The topological polar surface area (TPSA) is 80.7 Å². The number of esters is 1. The zero-order valence-corrected chi connectivity index (χ0v) is 20.6. The Labute approximate surface area is 218 Å². The van der Waals surface area contributed by atoms with Crippen LogP contribution in [-0.4, -0.2) is 36.5 Å². The smallest absolute Gasteiger partial charge is 0.432 e. The minimum Gasteiger partial charge on any atom is -0.444 e. The van der Waals surface area contributed by atoms with Crippen LogP contribution in [0, 0.1) is 5.92 Å². The molecule has 39 heavy (non-hydrogen) atoms. The molecule has 3 aliphatic rings. The van der Waals surface area contributed by atoms with Crippen molar-refractivity contribution in [3.8, 4) is 0 Å². The summed E-state index contributed by atoms with van der Waals surface area (Å²) in [5, 5.41) is -2.30. The first kappa shape index (κ1) is 25.7. The van der Waals surface area contributed by atoms with Crippen molar-refractivity contribution >= 4 is 37.6 Å². The summed E-state index contributed by atoms with van der Waals surface area (Å²) in [6, 6.07) is 22.5. The highest BCUT2D eigenvalue weighted by molar-refractivity contribution is 7.86. The fourth-order valence-electron chi connectivity index (χ4n) is 6.00. The molecule has 2 unspecified atom stereocenters. The summed E-state index contributed by atoms with van der Waals surface area (Å²) in [5.74, 6) is -4.19. The molecule has 7 rings (SSSR count). The Balaban J connectivity index is 1.49. The van der Waals surface area contributed by atoms with E-state index in [0.717, 1.165) is 32.7 Å². The van der Waals surface area contributed by atoms with Crippen molar-refractivity contribution in [2.24, 2.45) is 5.92 Å². The molecule has 3 aliphatic carbocycles. The van der Waals surface area contributed by atoms with Crippen LogP contribution >= 0.6 is 0 Å². The predicted octanol–water partition coefficient (Wildman–Crippen LogP) is 6.54. The third-order valence-electron chi connectivity index (χ3n) is 7.70. The molecule has 2 atom stereocenters. The van der Waals surface area contributed by atoms with Crippen LogP contribution in [0.25, 0.3) is 21.5 Å². The van der Waals surface area contributed by atoms with Gasteiger partial charge in [0.15, 0.2) is 0 Å². The van der Waals surface area contributed by atoms with Crippen LogP contribution in [0.1, 0.15) is 40.5 Å². The van der Waals surface area contributed by atoms with Crippen LogP contribution in [0.3, 0.4) is 0 Å². The lowest BCUT2D eigenvalue weighted by molar-refractivity contribution is -0.261. The van der Waals surface area contributed by atoms with Crippen LogP contribution < -0.4 is 0 Å². The maximum absolute atomic E-state index is 14.2. The molecule has 0 heterocycles. The Bertz CT molecular complexity index is 1680. The summed E-state index contributed by atoms with van der Waals surface area (Å²) in [6.45, 7) is 0. The van der Waals surface area contributed by atoms with E-state index in [2.05, 4.69) is 4.74 Å². The fraction of sp³-hybridized carbons (Fsp3) is 0.250. The van der Waals surface area contributed by atoms with E-state index in [4.69, 9.17) is 4.55 Å². The molecule has 4 aromatic rings. The molecule has 0 aromatic heterocycles. The van der Waals surface area contributed by atoms with Crippen molar-refractivity contribution in [1.82, 2.24) is 0 Å². The van der Waals surface area contributed by atoms with Gasteiger partial charge in [-0.2, -0.15) is 30.4 Å². The van der Waals surface area contributed by atoms with Gasteiger partial charge in [-0.1, -0.05) is 72.8 Å². The van der Waals surface area contributed by atoms with Gasteiger partial charge in [0.25, 0.3) is 6.10 Å². The number of fused-ring (bicyclic) bond motifs is 3. The van der Waals surface area contributed by atoms with E-state index in [0.29, 0.717) is 11.1 Å². The van der Waals surface area contributed by atoms with E-state index < -0.39 is 51.4 Å². The first-order valence-electron chi connectivity index (χ1n) is 11.9. The highest BCUT2D eigenvalue weighted by atomic mass is 32.2. The maximum Gasteiger partial charge on any atom is 0.432 e. The lowest BCUT2D eigenvalue weighted by atomic mass is 9.58. The molecule has 0 amide bonds. The largest absolute Gasteiger partial charge is 0.444 e. The lowest BCUT2D eigenvalue weighted by Gasteiger charge is -2.45. The Hall–Kier alpha value is -3.57. The van der Waals surface area contributed by atoms with E-state index in [1.807, 2.05) is 72.8 Å². The molecule has 0 saturated carbocycles. The van der Waals surface area contributed by atoms with Gasteiger partial charge in [0.05, 0.1) is 5.92 Å². The Morgan fingerprint density at radius 1 is 0.795 bits per heavy atom. The number of hydrogen-bond donors (Lipinski definition) is 1. The highest BCUT2D eigenvalue weighted by Gasteiger charge is 2.66. The molecule has 4 aromatic carbocycles. The second kappa shape index (κ2) is 8.46. The minimum absolute atomic E-state index is 0.0256. The maximum atomic E-state index is 14.2. The number of carbonyl (C=O) groups is 1. The van der Waals surface area contributed by atoms with Crippen LogP contribution in [0.4, 0.5) is 22.0 Å². The molecule has 0 aliphatic heterocycles. The number of hydrogen-bond acceptors (Lipinski definition) is 4. The molecular formula is C28H19F5O5S. The number of rotatable bonds is 4. The lowest BCUT2D eigenvalue weighted by Crippen LogP contribution is -2.53. The first-order chi connectivity index (χ1) is 18.3. The van der Waals surface area contributed by atoms with Crippen molar-refractivity contribution in [2.45, 2.75) is 35.8 Å². The monoisotopic (exact) mass is 562 g/mol. The summed E-state index contributed by atoms with van der Waals surface area (Å²) in [5.41, 5.74) is 3.09. The van der Waals surface area contributed by atoms with E-state index in [9.17, 15) is 35.2 Å². The predicted molar refractivity (Wildman–Crippen MR) is 132 cm³/mol. The summed E-state index contributed by atoms with van der Waals surface area (Å²) < 4.78 is 104. The van der Waals surface area contributed by atoms with E-state index in [-0.39, 0.29) is 6.42 Å². The molecule has 0 fully saturated rings. The number of halogens is 5. The Morgan fingerprint density at radius 3 is 1.59 bits per heavy atom. The zero-order chi connectivity index (χ0) is 27.9. The third kappa shape index (κ3) is 3.98. The number of ether oxygens (including phenoxy) is 1. The summed E-state index contributed by atoms with van der Waals surface area (Å²) in [4.78, 5) is 13.2. The second-order valence-electron chi connectivity index (χ2n) is 9.92. The standard InChI is InChI=1S/C28H19F5O5S/c29-27(30,31)26(28(32,33)39(35,36)37)38-25(34)23-13-20-18-9-14-5-1-3-7-16(14)11-21(18)24(23)22-12-17-8-4-2-6-15(17)10-19(20)22/h1-12,20,23-24,26H,13H2,(H,35,36,37). The van der Waals surface area contributed by atoms with Crippen LogP contribution in [-0.2, 0) is 19.6 Å². The zero-order valence-electron chi connectivity index (χ0n) is 19.8. The summed E-state index contributed by atoms with van der Waals surface area (Å²) in [7, 11) is -6.55. The van der Waals surface area contributed by atoms with Gasteiger partial charge >= 0.3 is 27.5 Å². The molecule has 1 N–H and O–H groups in total. The third-order valence-corrected chi connectivity index (χ3v) is 8.60. The van der Waals surface area contributed by atoms with Crippen molar-refractivity contribution in [1.29, 1.82) is 0 Å². The van der Waals surface area contributed by atoms with Crippen LogP contribution in [0.2, 0.25) is 0 Å².